The molecule has 0 aliphatic heterocycles. The van der Waals surface area contributed by atoms with Crippen molar-refractivity contribution in [2.24, 2.45) is 0 Å². The molecule has 0 saturated heterocycles. The smallest absolute Gasteiger partial charge is 0.131 e. The summed E-state index contributed by atoms with van der Waals surface area (Å²) < 4.78 is 0. The van der Waals surface area contributed by atoms with E-state index in [1.807, 2.05) is 24.3 Å². The Hall–Kier alpha value is -2.90. The quantitative estimate of drug-likeness (QED) is 0.289. The molecule has 0 N–H and O–H groups in total. The molecule has 7 heteroatoms. The van der Waals surface area contributed by atoms with Gasteiger partial charge in [0.1, 0.15) is 22.9 Å². The summed E-state index contributed by atoms with van der Waals surface area (Å²) in [7, 11) is 0.579. The Bertz CT molecular complexity index is 1230. The van der Waals surface area contributed by atoms with Gasteiger partial charge >= 0.3 is 0 Å². The summed E-state index contributed by atoms with van der Waals surface area (Å²) in [6.45, 7) is -1.90. The lowest BCUT2D eigenvalue weighted by Crippen LogP contribution is -2.28. The lowest BCUT2D eigenvalue weighted by molar-refractivity contribution is 0.719. The van der Waals surface area contributed by atoms with Gasteiger partial charge in [0.25, 0.3) is 0 Å². The van der Waals surface area contributed by atoms with E-state index < -0.39 is 6.95 Å². The van der Waals surface area contributed by atoms with Crippen molar-refractivity contribution in [3.63, 3.8) is 0 Å². The molecule has 0 saturated carbocycles. The molecule has 5 aromatic rings. The van der Waals surface area contributed by atoms with E-state index in [-0.39, 0.29) is 0 Å². The van der Waals surface area contributed by atoms with Crippen molar-refractivity contribution in [3.8, 4) is 5.69 Å². The third kappa shape index (κ3) is 4.61. The Morgan fingerprint density at radius 1 is 0.697 bits per heavy atom. The maximum atomic E-state index is 6.14. The summed E-state index contributed by atoms with van der Waals surface area (Å²) in [5, 5.41) is 18.1. The second-order valence-corrected chi connectivity index (χ2v) is 14.4. The Kier molecular flexibility index (Phi) is 6.60. The second kappa shape index (κ2) is 9.93. The molecule has 0 bridgehead atoms. The van der Waals surface area contributed by atoms with E-state index in [9.17, 15) is 0 Å². The van der Waals surface area contributed by atoms with Crippen LogP contribution in [0.2, 0.25) is 5.02 Å². The lowest BCUT2D eigenvalue weighted by Gasteiger charge is -2.26. The highest BCUT2D eigenvalue weighted by Gasteiger charge is 2.45. The summed E-state index contributed by atoms with van der Waals surface area (Å²) >= 11 is 6.14. The van der Waals surface area contributed by atoms with E-state index in [2.05, 4.69) is 106 Å². The molecule has 0 amide bonds. The first-order valence-corrected chi connectivity index (χ1v) is 14.8. The fourth-order valence-corrected chi connectivity index (χ4v) is 12.0. The molecule has 0 aliphatic rings. The van der Waals surface area contributed by atoms with Gasteiger partial charge in [-0.15, -0.1) is 15.0 Å². The molecule has 0 aliphatic carbocycles. The molecule has 5 rings (SSSR count). The van der Waals surface area contributed by atoms with Gasteiger partial charge in [-0.2, -0.15) is 0 Å². The molecule has 0 fully saturated rings. The zero-order chi connectivity index (χ0) is 22.5. The highest BCUT2D eigenvalue weighted by Crippen LogP contribution is 2.71. The molecule has 4 aromatic carbocycles. The number of hydrogen-bond acceptors (Lipinski definition) is 3. The number of aromatic nitrogens is 4. The van der Waals surface area contributed by atoms with Crippen molar-refractivity contribution in [3.05, 3.63) is 126 Å². The summed E-state index contributed by atoms with van der Waals surface area (Å²) in [5.74, 6) is 0.737. The third-order valence-electron chi connectivity index (χ3n) is 5.40. The highest BCUT2D eigenvalue weighted by atomic mass is 35.5. The van der Waals surface area contributed by atoms with Gasteiger partial charge in [-0.05, 0) is 59.8 Å². The van der Waals surface area contributed by atoms with Gasteiger partial charge in [-0.1, -0.05) is 72.3 Å². The normalized spacial score (nSPS) is 11.8. The van der Waals surface area contributed by atoms with Gasteiger partial charge in [-0.3, -0.25) is 0 Å². The number of halogens is 1. The first-order chi connectivity index (χ1) is 16.3. The fourth-order valence-electron chi connectivity index (χ4n) is 3.89. The number of benzene rings is 4. The van der Waals surface area contributed by atoms with Gasteiger partial charge in [0.05, 0.1) is 20.1 Å². The van der Waals surface area contributed by atoms with Crippen LogP contribution in [0.15, 0.2) is 115 Å². The molecule has 1 unspecified atom stereocenters. The van der Waals surface area contributed by atoms with Crippen LogP contribution in [0, 0.1) is 0 Å². The number of rotatable bonds is 7. The largest absolute Gasteiger partial charge is 0.182 e. The minimum Gasteiger partial charge on any atom is -0.131 e. The van der Waals surface area contributed by atoms with E-state index in [0.29, 0.717) is 13.3 Å². The molecular formula is C26H22ClN4P2+. The van der Waals surface area contributed by atoms with E-state index in [1.54, 1.807) is 4.80 Å². The Balaban J connectivity index is 1.56. The van der Waals surface area contributed by atoms with Crippen LogP contribution in [0.25, 0.3) is 5.69 Å². The number of hydrogen-bond donors (Lipinski definition) is 0. The fraction of sp³-hybridized carbons (Fsp3) is 0.0385. The van der Waals surface area contributed by atoms with Crippen molar-refractivity contribution in [1.82, 2.24) is 20.2 Å². The van der Waals surface area contributed by atoms with Gasteiger partial charge in [0.2, 0.25) is 0 Å². The topological polar surface area (TPSA) is 43.6 Å². The maximum Gasteiger partial charge on any atom is 0.182 e. The minimum absolute atomic E-state index is 0.579. The van der Waals surface area contributed by atoms with Crippen LogP contribution in [0.1, 0.15) is 5.82 Å². The van der Waals surface area contributed by atoms with Crippen molar-refractivity contribution in [2.75, 3.05) is 0 Å². The summed E-state index contributed by atoms with van der Waals surface area (Å²) in [6.07, 6.45) is 0.743. The number of nitrogens with zero attached hydrogens (tertiary/aromatic N) is 4. The monoisotopic (exact) mass is 487 g/mol. The van der Waals surface area contributed by atoms with Gasteiger partial charge < -0.3 is 0 Å². The van der Waals surface area contributed by atoms with Crippen molar-refractivity contribution in [2.45, 2.75) is 6.16 Å². The molecule has 1 heterocycles. The first-order valence-electron chi connectivity index (χ1n) is 10.6. The zero-order valence-corrected chi connectivity index (χ0v) is 20.4. The summed E-state index contributed by atoms with van der Waals surface area (Å²) in [5.41, 5.74) is 0.805. The van der Waals surface area contributed by atoms with Gasteiger partial charge in [-0.25, -0.2) is 0 Å². The van der Waals surface area contributed by atoms with Crippen LogP contribution in [-0.2, 0) is 6.16 Å². The molecule has 1 aromatic heterocycles. The molecular weight excluding hydrogens is 466 g/mol. The molecule has 0 radical (unpaired) electrons. The van der Waals surface area contributed by atoms with Crippen LogP contribution >= 0.6 is 26.8 Å². The van der Waals surface area contributed by atoms with Crippen LogP contribution in [0.5, 0.6) is 0 Å². The Labute approximate surface area is 200 Å². The first kappa shape index (κ1) is 21.9. The zero-order valence-electron chi connectivity index (χ0n) is 17.8. The van der Waals surface area contributed by atoms with Gasteiger partial charge in [0, 0.05) is 5.02 Å². The third-order valence-corrected chi connectivity index (χ3v) is 14.0. The van der Waals surface area contributed by atoms with E-state index in [0.717, 1.165) is 17.7 Å². The lowest BCUT2D eigenvalue weighted by atomic mass is 10.3. The SMILES string of the molecule is Clc1cccc(-n2nnc(CP[P+](c3ccccc3)(c3ccccc3)c3ccccc3)n2)c1. The maximum absolute atomic E-state index is 6.14. The summed E-state index contributed by atoms with van der Waals surface area (Å²) in [4.78, 5) is 1.55. The van der Waals surface area contributed by atoms with Gasteiger partial charge in [0.15, 0.2) is 5.82 Å². The highest BCUT2D eigenvalue weighted by molar-refractivity contribution is 8.41. The minimum atomic E-state index is -1.90. The second-order valence-electron chi connectivity index (χ2n) is 7.49. The van der Waals surface area contributed by atoms with Crippen LogP contribution < -0.4 is 15.9 Å². The average molecular weight is 488 g/mol. The van der Waals surface area contributed by atoms with E-state index >= 15 is 0 Å². The van der Waals surface area contributed by atoms with Crippen LogP contribution in [-0.4, -0.2) is 20.2 Å². The van der Waals surface area contributed by atoms with Crippen LogP contribution in [0.3, 0.4) is 0 Å². The molecule has 33 heavy (non-hydrogen) atoms. The molecule has 0 spiro atoms. The molecule has 162 valence electrons. The predicted molar refractivity (Wildman–Crippen MR) is 141 cm³/mol. The molecule has 4 nitrogen and oxygen atoms in total. The van der Waals surface area contributed by atoms with Crippen molar-refractivity contribution in [1.29, 1.82) is 0 Å². The predicted octanol–water partition coefficient (Wildman–Crippen LogP) is 5.40. The Morgan fingerprint density at radius 3 is 1.76 bits per heavy atom. The standard InChI is InChI=1S/C26H22ClN4P2/c27-21-11-10-12-22(19-21)31-29-26(28-30-31)20-32-33(23-13-4-1-5-14-23,24-15-6-2-7-16-24)25-17-8-3-9-18-25/h1-19,32H,20H2/q+1. The van der Waals surface area contributed by atoms with Crippen molar-refractivity contribution < 1.29 is 0 Å². The average Bonchev–Trinajstić information content (AvgIpc) is 3.36. The van der Waals surface area contributed by atoms with Crippen LogP contribution in [0.4, 0.5) is 0 Å². The Morgan fingerprint density at radius 2 is 1.24 bits per heavy atom. The summed E-state index contributed by atoms with van der Waals surface area (Å²) in [6, 6.07) is 40.1. The van der Waals surface area contributed by atoms with E-state index in [1.165, 1.54) is 15.9 Å². The molecule has 1 atom stereocenters. The number of tetrazole rings is 1. The van der Waals surface area contributed by atoms with Crippen molar-refractivity contribution >= 4 is 42.7 Å². The van der Waals surface area contributed by atoms with E-state index in [4.69, 9.17) is 11.6 Å².